The molecule has 0 amide bonds. The molecular weight excluding hydrogens is 270 g/mol. The van der Waals surface area contributed by atoms with Crippen molar-refractivity contribution in [2.75, 3.05) is 13.1 Å². The third-order valence-corrected chi connectivity index (χ3v) is 5.00. The second kappa shape index (κ2) is 6.64. The van der Waals surface area contributed by atoms with E-state index in [0.717, 1.165) is 13.1 Å². The van der Waals surface area contributed by atoms with Crippen LogP contribution in [0.25, 0.3) is 0 Å². The van der Waals surface area contributed by atoms with Gasteiger partial charge in [0.05, 0.1) is 5.41 Å². The van der Waals surface area contributed by atoms with Crippen LogP contribution < -0.4 is 0 Å². The molecule has 1 heterocycles. The first-order valence-corrected chi connectivity index (χ1v) is 8.26. The minimum absolute atomic E-state index is 0.417. The maximum absolute atomic E-state index is 11.2. The lowest BCUT2D eigenvalue weighted by atomic mass is 9.74. The molecule has 0 aliphatic carbocycles. The number of benzene rings is 2. The Morgan fingerprint density at radius 2 is 1.27 bits per heavy atom. The van der Waals surface area contributed by atoms with Crippen molar-refractivity contribution < 1.29 is 5.11 Å². The summed E-state index contributed by atoms with van der Waals surface area (Å²) in [7, 11) is 0. The van der Waals surface area contributed by atoms with Crippen molar-refractivity contribution in [2.45, 2.75) is 37.8 Å². The molecule has 1 unspecified atom stereocenters. The summed E-state index contributed by atoms with van der Waals surface area (Å²) in [6.45, 7) is 4.13. The van der Waals surface area contributed by atoms with Gasteiger partial charge in [0.25, 0.3) is 0 Å². The fraction of sp³-hybridized carbons (Fsp3) is 0.400. The number of likely N-dealkylation sites (tertiary alicyclic amines) is 1. The Morgan fingerprint density at radius 3 is 1.73 bits per heavy atom. The zero-order valence-corrected chi connectivity index (χ0v) is 13.3. The highest BCUT2D eigenvalue weighted by Crippen LogP contribution is 2.37. The minimum atomic E-state index is -0.502. The fourth-order valence-electron chi connectivity index (χ4n) is 3.56. The summed E-state index contributed by atoms with van der Waals surface area (Å²) in [5.41, 5.74) is 1.92. The predicted octanol–water partition coefficient (Wildman–Crippen LogP) is 3.80. The molecule has 0 aromatic heterocycles. The molecule has 1 aliphatic heterocycles. The van der Waals surface area contributed by atoms with E-state index >= 15 is 0 Å². The third kappa shape index (κ3) is 2.81. The van der Waals surface area contributed by atoms with Crippen molar-refractivity contribution in [1.29, 1.82) is 0 Å². The van der Waals surface area contributed by atoms with Gasteiger partial charge in [0.2, 0.25) is 0 Å². The van der Waals surface area contributed by atoms with Crippen LogP contribution in [0.2, 0.25) is 0 Å². The molecule has 2 heteroatoms. The van der Waals surface area contributed by atoms with Gasteiger partial charge in [0, 0.05) is 13.1 Å². The topological polar surface area (TPSA) is 23.5 Å². The molecule has 0 bridgehead atoms. The van der Waals surface area contributed by atoms with Crippen LogP contribution in [-0.4, -0.2) is 29.3 Å². The van der Waals surface area contributed by atoms with Gasteiger partial charge in [-0.15, -0.1) is 0 Å². The van der Waals surface area contributed by atoms with E-state index < -0.39 is 11.6 Å². The van der Waals surface area contributed by atoms with Crippen LogP contribution in [-0.2, 0) is 5.41 Å². The summed E-state index contributed by atoms with van der Waals surface area (Å²) in [4.78, 5) is 2.24. The summed E-state index contributed by atoms with van der Waals surface area (Å²) in [6.07, 6.45) is 3.13. The van der Waals surface area contributed by atoms with E-state index in [4.69, 9.17) is 0 Å². The van der Waals surface area contributed by atoms with E-state index in [2.05, 4.69) is 60.4 Å². The lowest BCUT2D eigenvalue weighted by Gasteiger charge is -2.43. The van der Waals surface area contributed by atoms with Gasteiger partial charge in [-0.2, -0.15) is 0 Å². The second-order valence-corrected chi connectivity index (χ2v) is 6.40. The van der Waals surface area contributed by atoms with E-state index in [1.54, 1.807) is 0 Å². The van der Waals surface area contributed by atoms with Crippen molar-refractivity contribution in [3.63, 3.8) is 0 Å². The maximum atomic E-state index is 11.2. The Hall–Kier alpha value is -1.64. The van der Waals surface area contributed by atoms with Crippen LogP contribution in [0.3, 0.4) is 0 Å². The van der Waals surface area contributed by atoms with Gasteiger partial charge in [-0.05, 0) is 30.9 Å². The van der Waals surface area contributed by atoms with Gasteiger partial charge in [-0.25, -0.2) is 0 Å². The number of piperidine rings is 1. The Morgan fingerprint density at radius 1 is 0.818 bits per heavy atom. The molecule has 2 nitrogen and oxygen atoms in total. The van der Waals surface area contributed by atoms with Gasteiger partial charge in [-0.1, -0.05) is 67.1 Å². The van der Waals surface area contributed by atoms with Gasteiger partial charge >= 0.3 is 0 Å². The highest BCUT2D eigenvalue weighted by Gasteiger charge is 2.40. The van der Waals surface area contributed by atoms with E-state index in [1.165, 1.54) is 30.4 Å². The molecule has 3 rings (SSSR count). The quantitative estimate of drug-likeness (QED) is 0.927. The number of rotatable bonds is 4. The lowest BCUT2D eigenvalue weighted by Crippen LogP contribution is -2.51. The smallest absolute Gasteiger partial charge is 0.120 e. The Bertz CT molecular complexity index is 536. The van der Waals surface area contributed by atoms with Crippen molar-refractivity contribution in [2.24, 2.45) is 0 Å². The number of nitrogens with zero attached hydrogens (tertiary/aromatic N) is 1. The van der Waals surface area contributed by atoms with E-state index in [9.17, 15) is 5.11 Å². The SMILES string of the molecule is CC(c1ccccc1)(c1ccccc1)C(O)N1CCCCC1. The molecule has 1 atom stereocenters. The molecule has 1 N–H and O–H groups in total. The number of aliphatic hydroxyl groups is 1. The Kier molecular flexibility index (Phi) is 4.60. The predicted molar refractivity (Wildman–Crippen MR) is 90.8 cm³/mol. The van der Waals surface area contributed by atoms with Crippen molar-refractivity contribution in [1.82, 2.24) is 4.90 Å². The third-order valence-electron chi connectivity index (χ3n) is 5.00. The van der Waals surface area contributed by atoms with Gasteiger partial charge in [0.15, 0.2) is 0 Å². The molecule has 2 aromatic carbocycles. The monoisotopic (exact) mass is 295 g/mol. The molecule has 1 aliphatic rings. The standard InChI is InChI=1S/C20H25NO/c1-20(17-11-5-2-6-12-17,18-13-7-3-8-14-18)19(22)21-15-9-4-10-16-21/h2-3,5-8,11-14,19,22H,4,9-10,15-16H2,1H3. The summed E-state index contributed by atoms with van der Waals surface area (Å²) in [6, 6.07) is 20.8. The van der Waals surface area contributed by atoms with Crippen LogP contribution >= 0.6 is 0 Å². The molecule has 1 saturated heterocycles. The fourth-order valence-corrected chi connectivity index (χ4v) is 3.56. The van der Waals surface area contributed by atoms with Crippen LogP contribution in [0.1, 0.15) is 37.3 Å². The summed E-state index contributed by atoms with van der Waals surface area (Å²) < 4.78 is 0. The molecular formula is C20H25NO. The summed E-state index contributed by atoms with van der Waals surface area (Å²) >= 11 is 0. The lowest BCUT2D eigenvalue weighted by molar-refractivity contribution is -0.0476. The summed E-state index contributed by atoms with van der Waals surface area (Å²) in [5.74, 6) is 0. The second-order valence-electron chi connectivity index (χ2n) is 6.40. The average molecular weight is 295 g/mol. The molecule has 0 saturated carbocycles. The first-order chi connectivity index (χ1) is 10.7. The summed E-state index contributed by atoms with van der Waals surface area (Å²) in [5, 5.41) is 11.2. The molecule has 116 valence electrons. The van der Waals surface area contributed by atoms with Crippen LogP contribution in [0.15, 0.2) is 60.7 Å². The highest BCUT2D eigenvalue weighted by atomic mass is 16.3. The van der Waals surface area contributed by atoms with Crippen LogP contribution in [0, 0.1) is 0 Å². The van der Waals surface area contributed by atoms with Crippen LogP contribution in [0.4, 0.5) is 0 Å². The van der Waals surface area contributed by atoms with E-state index in [-0.39, 0.29) is 0 Å². The van der Waals surface area contributed by atoms with Crippen LogP contribution in [0.5, 0.6) is 0 Å². The Labute approximate surface area is 133 Å². The van der Waals surface area contributed by atoms with Gasteiger partial charge < -0.3 is 5.11 Å². The van der Waals surface area contributed by atoms with Crippen molar-refractivity contribution in [3.05, 3.63) is 71.8 Å². The number of hydrogen-bond acceptors (Lipinski definition) is 2. The average Bonchev–Trinajstić information content (AvgIpc) is 2.62. The molecule has 0 radical (unpaired) electrons. The first-order valence-electron chi connectivity index (χ1n) is 8.26. The first kappa shape index (κ1) is 15.3. The molecule has 22 heavy (non-hydrogen) atoms. The number of aliphatic hydroxyl groups excluding tert-OH is 1. The molecule has 0 spiro atoms. The molecule has 1 fully saturated rings. The normalized spacial score (nSPS) is 18.1. The highest BCUT2D eigenvalue weighted by molar-refractivity contribution is 5.39. The van der Waals surface area contributed by atoms with Gasteiger partial charge in [0.1, 0.15) is 6.23 Å². The van der Waals surface area contributed by atoms with Crippen molar-refractivity contribution >= 4 is 0 Å². The largest absolute Gasteiger partial charge is 0.377 e. The zero-order chi connectivity index (χ0) is 15.4. The minimum Gasteiger partial charge on any atom is -0.377 e. The van der Waals surface area contributed by atoms with Crippen molar-refractivity contribution in [3.8, 4) is 0 Å². The maximum Gasteiger partial charge on any atom is 0.120 e. The zero-order valence-electron chi connectivity index (χ0n) is 13.3. The van der Waals surface area contributed by atoms with E-state index in [1.807, 2.05) is 12.1 Å². The Balaban J connectivity index is 2.03. The van der Waals surface area contributed by atoms with E-state index in [0.29, 0.717) is 0 Å². The number of hydrogen-bond donors (Lipinski definition) is 1. The van der Waals surface area contributed by atoms with Gasteiger partial charge in [-0.3, -0.25) is 4.90 Å². The molecule has 2 aromatic rings.